The van der Waals surface area contributed by atoms with Crippen LogP contribution in [0.15, 0.2) is 0 Å². The van der Waals surface area contributed by atoms with Gasteiger partial charge in [0.25, 0.3) is 0 Å². The molecular formula is C11H23N2+. The minimum absolute atomic E-state index is 0.804. The Hall–Kier alpha value is -0.0800. The van der Waals surface area contributed by atoms with Crippen LogP contribution in [0.1, 0.15) is 33.1 Å². The molecule has 1 atom stereocenters. The third kappa shape index (κ3) is 1.75. The van der Waals surface area contributed by atoms with Gasteiger partial charge in [-0.3, -0.25) is 0 Å². The molecule has 0 radical (unpaired) electrons. The number of hydrogen-bond donors (Lipinski definition) is 0. The van der Waals surface area contributed by atoms with E-state index in [9.17, 15) is 0 Å². The van der Waals surface area contributed by atoms with Crippen LogP contribution in [-0.4, -0.2) is 48.3 Å². The minimum atomic E-state index is 0.804. The second kappa shape index (κ2) is 3.58. The summed E-state index contributed by atoms with van der Waals surface area (Å²) in [6.45, 7) is 11.7. The van der Waals surface area contributed by atoms with Crippen molar-refractivity contribution in [2.75, 3.05) is 32.8 Å². The summed E-state index contributed by atoms with van der Waals surface area (Å²) in [7, 11) is 0. The van der Waals surface area contributed by atoms with Gasteiger partial charge in [0.05, 0.1) is 26.2 Å². The average Bonchev–Trinajstić information content (AvgIpc) is 2.76. The molecule has 76 valence electrons. The number of rotatable bonds is 2. The van der Waals surface area contributed by atoms with Crippen LogP contribution in [0, 0.1) is 0 Å². The van der Waals surface area contributed by atoms with Gasteiger partial charge in [0.15, 0.2) is 0 Å². The van der Waals surface area contributed by atoms with Gasteiger partial charge in [0, 0.05) is 18.9 Å². The van der Waals surface area contributed by atoms with Crippen LogP contribution < -0.4 is 0 Å². The SMILES string of the molecule is CCC(C)N1CC[N+]2(CCCC2)C1. The highest BCUT2D eigenvalue weighted by Gasteiger charge is 2.40. The Balaban J connectivity index is 1.93. The van der Waals surface area contributed by atoms with E-state index in [1.165, 1.54) is 56.6 Å². The Morgan fingerprint density at radius 2 is 1.92 bits per heavy atom. The van der Waals surface area contributed by atoms with Crippen molar-refractivity contribution < 1.29 is 4.48 Å². The Kier molecular flexibility index (Phi) is 2.61. The topological polar surface area (TPSA) is 3.24 Å². The normalized spacial score (nSPS) is 30.0. The molecule has 2 heterocycles. The van der Waals surface area contributed by atoms with Crippen LogP contribution >= 0.6 is 0 Å². The lowest BCUT2D eigenvalue weighted by Gasteiger charge is -2.30. The molecule has 2 saturated heterocycles. The third-order valence-electron chi connectivity index (χ3n) is 4.07. The number of hydrogen-bond acceptors (Lipinski definition) is 1. The molecule has 2 aliphatic rings. The Morgan fingerprint density at radius 1 is 1.23 bits per heavy atom. The first-order chi connectivity index (χ1) is 6.26. The van der Waals surface area contributed by atoms with E-state index >= 15 is 0 Å². The molecule has 2 nitrogen and oxygen atoms in total. The summed E-state index contributed by atoms with van der Waals surface area (Å²) in [4.78, 5) is 2.69. The second-order valence-electron chi connectivity index (χ2n) is 4.93. The molecule has 0 N–H and O–H groups in total. The summed E-state index contributed by atoms with van der Waals surface area (Å²) < 4.78 is 1.42. The molecule has 0 aromatic rings. The highest BCUT2D eigenvalue weighted by Crippen LogP contribution is 2.26. The van der Waals surface area contributed by atoms with Gasteiger partial charge in [0.2, 0.25) is 0 Å². The van der Waals surface area contributed by atoms with Crippen molar-refractivity contribution >= 4 is 0 Å². The molecule has 0 saturated carbocycles. The second-order valence-corrected chi connectivity index (χ2v) is 4.93. The Morgan fingerprint density at radius 3 is 2.54 bits per heavy atom. The van der Waals surface area contributed by atoms with Gasteiger partial charge in [-0.1, -0.05) is 6.92 Å². The van der Waals surface area contributed by atoms with E-state index in [0.717, 1.165) is 6.04 Å². The maximum Gasteiger partial charge on any atom is 0.135 e. The van der Waals surface area contributed by atoms with Gasteiger partial charge in [-0.05, 0) is 13.3 Å². The molecule has 0 aromatic carbocycles. The average molecular weight is 183 g/mol. The van der Waals surface area contributed by atoms with Gasteiger partial charge >= 0.3 is 0 Å². The molecule has 1 spiro atoms. The first kappa shape index (κ1) is 9.47. The standard InChI is InChI=1S/C11H23N2/c1-3-11(2)12-6-9-13(10-12)7-4-5-8-13/h11H,3-10H2,1-2H3/q+1. The molecule has 1 unspecified atom stereocenters. The van der Waals surface area contributed by atoms with Gasteiger partial charge in [-0.2, -0.15) is 0 Å². The van der Waals surface area contributed by atoms with E-state index in [2.05, 4.69) is 18.7 Å². The fourth-order valence-corrected chi connectivity index (χ4v) is 2.86. The molecule has 2 fully saturated rings. The number of quaternary nitrogens is 1. The van der Waals surface area contributed by atoms with Crippen molar-refractivity contribution in [2.45, 2.75) is 39.2 Å². The fraction of sp³-hybridized carbons (Fsp3) is 1.00. The smallest absolute Gasteiger partial charge is 0.135 e. The Bertz CT molecular complexity index is 173. The minimum Gasteiger partial charge on any atom is -0.310 e. The monoisotopic (exact) mass is 183 g/mol. The van der Waals surface area contributed by atoms with Crippen LogP contribution in [0.2, 0.25) is 0 Å². The zero-order valence-electron chi connectivity index (χ0n) is 9.13. The maximum absolute atomic E-state index is 2.69. The first-order valence-electron chi connectivity index (χ1n) is 5.85. The van der Waals surface area contributed by atoms with Crippen molar-refractivity contribution in [3.8, 4) is 0 Å². The molecule has 13 heavy (non-hydrogen) atoms. The summed E-state index contributed by atoms with van der Waals surface area (Å²) in [6.07, 6.45) is 4.24. The number of nitrogens with zero attached hydrogens (tertiary/aromatic N) is 2. The van der Waals surface area contributed by atoms with Crippen molar-refractivity contribution in [2.24, 2.45) is 0 Å². The van der Waals surface area contributed by atoms with Crippen molar-refractivity contribution in [1.82, 2.24) is 4.90 Å². The zero-order valence-corrected chi connectivity index (χ0v) is 9.13. The van der Waals surface area contributed by atoms with Crippen LogP contribution in [0.25, 0.3) is 0 Å². The molecular weight excluding hydrogens is 160 g/mol. The molecule has 0 bridgehead atoms. The lowest BCUT2D eigenvalue weighted by atomic mass is 10.2. The fourth-order valence-electron chi connectivity index (χ4n) is 2.86. The maximum atomic E-state index is 2.69. The lowest BCUT2D eigenvalue weighted by molar-refractivity contribution is -0.909. The van der Waals surface area contributed by atoms with E-state index in [1.807, 2.05) is 0 Å². The van der Waals surface area contributed by atoms with Crippen molar-refractivity contribution in [3.63, 3.8) is 0 Å². The Labute approximate surface area is 82.1 Å². The molecule has 2 heteroatoms. The molecule has 0 aliphatic carbocycles. The summed E-state index contributed by atoms with van der Waals surface area (Å²) in [5.74, 6) is 0. The summed E-state index contributed by atoms with van der Waals surface area (Å²) in [6, 6.07) is 0.804. The van der Waals surface area contributed by atoms with Crippen molar-refractivity contribution in [3.05, 3.63) is 0 Å². The van der Waals surface area contributed by atoms with Gasteiger partial charge in [0.1, 0.15) is 6.67 Å². The summed E-state index contributed by atoms with van der Waals surface area (Å²) >= 11 is 0. The molecule has 0 amide bonds. The van der Waals surface area contributed by atoms with E-state index in [1.54, 1.807) is 0 Å². The zero-order chi connectivity index (χ0) is 9.31. The van der Waals surface area contributed by atoms with E-state index in [0.29, 0.717) is 0 Å². The molecule has 2 aliphatic heterocycles. The largest absolute Gasteiger partial charge is 0.310 e. The van der Waals surface area contributed by atoms with E-state index < -0.39 is 0 Å². The molecule has 0 aromatic heterocycles. The van der Waals surface area contributed by atoms with Crippen LogP contribution in [0.5, 0.6) is 0 Å². The predicted octanol–water partition coefficient (Wildman–Crippen LogP) is 1.67. The lowest BCUT2D eigenvalue weighted by Crippen LogP contribution is -2.45. The van der Waals surface area contributed by atoms with Crippen LogP contribution in [0.4, 0.5) is 0 Å². The highest BCUT2D eigenvalue weighted by atomic mass is 15.5. The predicted molar refractivity (Wildman–Crippen MR) is 55.4 cm³/mol. The van der Waals surface area contributed by atoms with Gasteiger partial charge in [-0.15, -0.1) is 0 Å². The summed E-state index contributed by atoms with van der Waals surface area (Å²) in [5.41, 5.74) is 0. The quantitative estimate of drug-likeness (QED) is 0.589. The van der Waals surface area contributed by atoms with Gasteiger partial charge in [-0.25, -0.2) is 4.90 Å². The summed E-state index contributed by atoms with van der Waals surface area (Å²) in [5, 5.41) is 0. The van der Waals surface area contributed by atoms with Crippen LogP contribution in [-0.2, 0) is 0 Å². The van der Waals surface area contributed by atoms with Gasteiger partial charge < -0.3 is 4.48 Å². The molecule has 2 rings (SSSR count). The first-order valence-corrected chi connectivity index (χ1v) is 5.85. The van der Waals surface area contributed by atoms with E-state index in [-0.39, 0.29) is 0 Å². The third-order valence-corrected chi connectivity index (χ3v) is 4.07. The highest BCUT2D eigenvalue weighted by molar-refractivity contribution is 4.70. The van der Waals surface area contributed by atoms with Crippen molar-refractivity contribution in [1.29, 1.82) is 0 Å². The van der Waals surface area contributed by atoms with E-state index in [4.69, 9.17) is 0 Å². The van der Waals surface area contributed by atoms with Crippen LogP contribution in [0.3, 0.4) is 0 Å².